The molecule has 2 aromatic carbocycles. The number of rotatable bonds is 2. The molecule has 3 rings (SSSR count). The number of alkyl halides is 1. The summed E-state index contributed by atoms with van der Waals surface area (Å²) in [5.41, 5.74) is 1.53. The summed E-state index contributed by atoms with van der Waals surface area (Å²) in [6, 6.07) is 15.3. The van der Waals surface area contributed by atoms with E-state index in [2.05, 4.69) is 43.5 Å². The van der Waals surface area contributed by atoms with E-state index in [0.29, 0.717) is 16.5 Å². The van der Waals surface area contributed by atoms with Gasteiger partial charge in [-0.15, -0.1) is 0 Å². The van der Waals surface area contributed by atoms with Gasteiger partial charge in [-0.1, -0.05) is 34.1 Å². The zero-order valence-electron chi connectivity index (χ0n) is 10.4. The van der Waals surface area contributed by atoms with Gasteiger partial charge >= 0.3 is 0 Å². The Labute approximate surface area is 137 Å². The van der Waals surface area contributed by atoms with Crippen molar-refractivity contribution in [2.45, 2.75) is 5.33 Å². The number of hydrogen-bond donors (Lipinski definition) is 0. The van der Waals surface area contributed by atoms with Crippen molar-refractivity contribution < 1.29 is 0 Å². The van der Waals surface area contributed by atoms with Gasteiger partial charge < -0.3 is 0 Å². The Hall–Kier alpha value is -1.21. The van der Waals surface area contributed by atoms with Crippen molar-refractivity contribution in [2.75, 3.05) is 0 Å². The molecule has 0 spiro atoms. The minimum Gasteiger partial charge on any atom is -0.268 e. The third-order valence-electron chi connectivity index (χ3n) is 3.03. The number of aromatic nitrogens is 2. The molecule has 0 saturated carbocycles. The fourth-order valence-corrected chi connectivity index (χ4v) is 3.00. The van der Waals surface area contributed by atoms with Crippen LogP contribution >= 0.6 is 38.5 Å². The standard InChI is InChI=1S/C15H10BrIN2O/c16-9-14-18-13-7-6-10(17)8-12(13)15(20)19(14)11-4-2-1-3-5-11/h1-8H,9H2. The van der Waals surface area contributed by atoms with Crippen molar-refractivity contribution in [2.24, 2.45) is 0 Å². The van der Waals surface area contributed by atoms with Crippen molar-refractivity contribution in [3.63, 3.8) is 0 Å². The molecule has 1 aromatic heterocycles. The predicted molar refractivity (Wildman–Crippen MR) is 92.7 cm³/mol. The van der Waals surface area contributed by atoms with Crippen molar-refractivity contribution in [3.8, 4) is 5.69 Å². The molecule has 0 aliphatic rings. The van der Waals surface area contributed by atoms with E-state index in [0.717, 1.165) is 14.8 Å². The van der Waals surface area contributed by atoms with E-state index in [-0.39, 0.29) is 5.56 Å². The molecule has 0 unspecified atom stereocenters. The SMILES string of the molecule is O=c1c2cc(I)ccc2nc(CBr)n1-c1ccccc1. The summed E-state index contributed by atoms with van der Waals surface area (Å²) < 4.78 is 2.69. The van der Waals surface area contributed by atoms with Crippen LogP contribution in [0.5, 0.6) is 0 Å². The molecule has 1 heterocycles. The zero-order chi connectivity index (χ0) is 14.1. The van der Waals surface area contributed by atoms with Crippen LogP contribution in [0.15, 0.2) is 53.3 Å². The molecule has 100 valence electrons. The summed E-state index contributed by atoms with van der Waals surface area (Å²) in [4.78, 5) is 17.3. The average molecular weight is 441 g/mol. The maximum Gasteiger partial charge on any atom is 0.266 e. The molecule has 0 atom stereocenters. The van der Waals surface area contributed by atoms with Crippen LogP contribution in [-0.4, -0.2) is 9.55 Å². The van der Waals surface area contributed by atoms with Crippen LogP contribution < -0.4 is 5.56 Å². The van der Waals surface area contributed by atoms with Gasteiger partial charge in [0.15, 0.2) is 0 Å². The summed E-state index contributed by atoms with van der Waals surface area (Å²) >= 11 is 5.62. The number of nitrogens with zero attached hydrogens (tertiary/aromatic N) is 2. The maximum atomic E-state index is 12.8. The van der Waals surface area contributed by atoms with Crippen molar-refractivity contribution >= 4 is 49.4 Å². The smallest absolute Gasteiger partial charge is 0.266 e. The topological polar surface area (TPSA) is 34.9 Å². The molecule has 0 aliphatic carbocycles. The van der Waals surface area contributed by atoms with Crippen LogP contribution in [0.4, 0.5) is 0 Å². The molecule has 0 fully saturated rings. The first-order valence-corrected chi connectivity index (χ1v) is 8.23. The van der Waals surface area contributed by atoms with Crippen LogP contribution in [0.3, 0.4) is 0 Å². The lowest BCUT2D eigenvalue weighted by Gasteiger charge is -2.12. The molecule has 3 aromatic rings. The number of fused-ring (bicyclic) bond motifs is 1. The Bertz CT molecular complexity index is 830. The molecule has 0 radical (unpaired) electrons. The van der Waals surface area contributed by atoms with Gasteiger partial charge in [0.2, 0.25) is 0 Å². The normalized spacial score (nSPS) is 10.9. The molecule has 0 bridgehead atoms. The summed E-state index contributed by atoms with van der Waals surface area (Å²) in [7, 11) is 0. The van der Waals surface area contributed by atoms with Crippen LogP contribution in [0.25, 0.3) is 16.6 Å². The minimum absolute atomic E-state index is 0.0332. The third-order valence-corrected chi connectivity index (χ3v) is 4.21. The molecule has 0 saturated heterocycles. The highest BCUT2D eigenvalue weighted by Gasteiger charge is 2.11. The molecular weight excluding hydrogens is 431 g/mol. The largest absolute Gasteiger partial charge is 0.268 e. The molecule has 0 aliphatic heterocycles. The van der Waals surface area contributed by atoms with Gasteiger partial charge in [0, 0.05) is 3.57 Å². The van der Waals surface area contributed by atoms with Crippen LogP contribution in [0, 0.1) is 3.57 Å². The highest BCUT2D eigenvalue weighted by molar-refractivity contribution is 14.1. The van der Waals surface area contributed by atoms with Crippen LogP contribution in [0.1, 0.15) is 5.82 Å². The van der Waals surface area contributed by atoms with Crippen LogP contribution in [-0.2, 0) is 5.33 Å². The molecule has 5 heteroatoms. The molecular formula is C15H10BrIN2O. The quantitative estimate of drug-likeness (QED) is 0.447. The van der Waals surface area contributed by atoms with Gasteiger partial charge in [0.25, 0.3) is 5.56 Å². The Morgan fingerprint density at radius 3 is 2.60 bits per heavy atom. The lowest BCUT2D eigenvalue weighted by atomic mass is 10.2. The first kappa shape index (κ1) is 13.8. The first-order valence-electron chi connectivity index (χ1n) is 6.03. The molecule has 20 heavy (non-hydrogen) atoms. The Morgan fingerprint density at radius 1 is 1.15 bits per heavy atom. The second kappa shape index (κ2) is 5.65. The van der Waals surface area contributed by atoms with Gasteiger partial charge in [0.05, 0.1) is 21.9 Å². The van der Waals surface area contributed by atoms with Crippen molar-refractivity contribution in [1.29, 1.82) is 0 Å². The molecule has 0 amide bonds. The van der Waals surface area contributed by atoms with Gasteiger partial charge in [-0.2, -0.15) is 0 Å². The number of benzene rings is 2. The van der Waals surface area contributed by atoms with E-state index in [1.807, 2.05) is 48.5 Å². The summed E-state index contributed by atoms with van der Waals surface area (Å²) in [5.74, 6) is 0.704. The minimum atomic E-state index is -0.0332. The monoisotopic (exact) mass is 440 g/mol. The summed E-state index contributed by atoms with van der Waals surface area (Å²) in [6.45, 7) is 0. The van der Waals surface area contributed by atoms with Gasteiger partial charge in [0.1, 0.15) is 5.82 Å². The highest BCUT2D eigenvalue weighted by Crippen LogP contribution is 2.16. The zero-order valence-corrected chi connectivity index (χ0v) is 14.1. The van der Waals surface area contributed by atoms with E-state index in [1.54, 1.807) is 4.57 Å². The van der Waals surface area contributed by atoms with Crippen LogP contribution in [0.2, 0.25) is 0 Å². The van der Waals surface area contributed by atoms with E-state index < -0.39 is 0 Å². The molecule has 3 nitrogen and oxygen atoms in total. The lowest BCUT2D eigenvalue weighted by molar-refractivity contribution is 0.887. The third kappa shape index (κ3) is 2.40. The number of para-hydroxylation sites is 1. The van der Waals surface area contributed by atoms with E-state index in [1.165, 1.54) is 0 Å². The Balaban J connectivity index is 2.41. The maximum absolute atomic E-state index is 12.8. The number of hydrogen-bond acceptors (Lipinski definition) is 2. The summed E-state index contributed by atoms with van der Waals surface area (Å²) in [5, 5.41) is 1.17. The second-order valence-corrected chi connectivity index (χ2v) is 6.11. The Morgan fingerprint density at radius 2 is 1.90 bits per heavy atom. The fraction of sp³-hybridized carbons (Fsp3) is 0.0667. The highest BCUT2D eigenvalue weighted by atomic mass is 127. The number of halogens is 2. The van der Waals surface area contributed by atoms with E-state index in [4.69, 9.17) is 0 Å². The average Bonchev–Trinajstić information content (AvgIpc) is 2.48. The van der Waals surface area contributed by atoms with Gasteiger partial charge in [-0.3, -0.25) is 9.36 Å². The van der Waals surface area contributed by atoms with E-state index >= 15 is 0 Å². The lowest BCUT2D eigenvalue weighted by Crippen LogP contribution is -2.23. The van der Waals surface area contributed by atoms with E-state index in [9.17, 15) is 4.79 Å². The Kier molecular flexibility index (Phi) is 3.89. The second-order valence-electron chi connectivity index (χ2n) is 4.30. The van der Waals surface area contributed by atoms with Gasteiger partial charge in [-0.05, 0) is 52.9 Å². The van der Waals surface area contributed by atoms with Gasteiger partial charge in [-0.25, -0.2) is 4.98 Å². The summed E-state index contributed by atoms with van der Waals surface area (Å²) in [6.07, 6.45) is 0. The van der Waals surface area contributed by atoms with Crippen molar-refractivity contribution in [3.05, 3.63) is 68.3 Å². The van der Waals surface area contributed by atoms with Crippen molar-refractivity contribution in [1.82, 2.24) is 9.55 Å². The first-order chi connectivity index (χ1) is 9.70. The fourth-order valence-electron chi connectivity index (χ4n) is 2.14. The molecule has 0 N–H and O–H groups in total. The predicted octanol–water partition coefficient (Wildman–Crippen LogP) is 3.89.